The minimum Gasteiger partial charge on any atom is -0.338 e. The Balaban J connectivity index is 0.00000210. The minimum absolute atomic E-state index is 0. The molecule has 0 spiro atoms. The van der Waals surface area contributed by atoms with Gasteiger partial charge in [0.25, 0.3) is 0 Å². The summed E-state index contributed by atoms with van der Waals surface area (Å²) >= 11 is 8.11. The molecule has 0 saturated carbocycles. The summed E-state index contributed by atoms with van der Waals surface area (Å²) in [5.74, 6) is 0.433. The molecule has 0 radical (unpaired) electrons. The molecule has 0 unspecified atom stereocenters. The molecule has 3 nitrogen and oxygen atoms in total. The van der Waals surface area contributed by atoms with Crippen LogP contribution in [0.4, 0.5) is 0 Å². The Bertz CT molecular complexity index is 788. The summed E-state index contributed by atoms with van der Waals surface area (Å²) in [7, 11) is 1.96. The number of hydrogen-bond donors (Lipinski definition) is 0. The van der Waals surface area contributed by atoms with Crippen LogP contribution in [0.3, 0.4) is 0 Å². The molecule has 4 rings (SSSR count). The SMILES string of the molecule is CN1C(=O)[C@H](CN2CCCCC2)C[C@@H]1c1ccc(-c2ccccc2Cl)s1.Cl. The van der Waals surface area contributed by atoms with Gasteiger partial charge in [-0.3, -0.25) is 4.79 Å². The smallest absolute Gasteiger partial charge is 0.227 e. The van der Waals surface area contributed by atoms with Crippen molar-refractivity contribution in [1.29, 1.82) is 0 Å². The number of halogens is 2. The molecule has 1 aromatic carbocycles. The Morgan fingerprint density at radius 3 is 2.59 bits per heavy atom. The van der Waals surface area contributed by atoms with Crippen molar-refractivity contribution in [2.24, 2.45) is 5.92 Å². The first-order valence-electron chi connectivity index (χ1n) is 9.47. The maximum Gasteiger partial charge on any atom is 0.227 e. The Morgan fingerprint density at radius 1 is 1.11 bits per heavy atom. The molecule has 3 heterocycles. The van der Waals surface area contributed by atoms with Crippen LogP contribution >= 0.6 is 35.3 Å². The predicted octanol–water partition coefficient (Wildman–Crippen LogP) is 5.50. The van der Waals surface area contributed by atoms with Crippen molar-refractivity contribution in [3.05, 3.63) is 46.3 Å². The maximum absolute atomic E-state index is 12.8. The predicted molar refractivity (Wildman–Crippen MR) is 116 cm³/mol. The zero-order valence-electron chi connectivity index (χ0n) is 15.6. The molecule has 6 heteroatoms. The first-order valence-corrected chi connectivity index (χ1v) is 10.7. The lowest BCUT2D eigenvalue weighted by molar-refractivity contribution is -0.131. The Kier molecular flexibility index (Phi) is 6.85. The van der Waals surface area contributed by atoms with Gasteiger partial charge in [-0.05, 0) is 50.6 Å². The van der Waals surface area contributed by atoms with Gasteiger partial charge in [0, 0.05) is 33.9 Å². The highest BCUT2D eigenvalue weighted by Gasteiger charge is 2.39. The van der Waals surface area contributed by atoms with E-state index >= 15 is 0 Å². The van der Waals surface area contributed by atoms with Gasteiger partial charge in [-0.2, -0.15) is 0 Å². The lowest BCUT2D eigenvalue weighted by Gasteiger charge is -2.28. The van der Waals surface area contributed by atoms with Crippen LogP contribution in [0.15, 0.2) is 36.4 Å². The fourth-order valence-electron chi connectivity index (χ4n) is 4.22. The van der Waals surface area contributed by atoms with Gasteiger partial charge in [-0.25, -0.2) is 0 Å². The molecule has 2 atom stereocenters. The molecule has 0 aliphatic carbocycles. The highest BCUT2D eigenvalue weighted by atomic mass is 35.5. The van der Waals surface area contributed by atoms with Crippen LogP contribution in [0.5, 0.6) is 0 Å². The summed E-state index contributed by atoms with van der Waals surface area (Å²) < 4.78 is 0. The third kappa shape index (κ3) is 4.34. The van der Waals surface area contributed by atoms with Gasteiger partial charge < -0.3 is 9.80 Å². The number of carbonyl (C=O) groups is 1. The molecular formula is C21H26Cl2N2OS. The van der Waals surface area contributed by atoms with Crippen LogP contribution in [0.2, 0.25) is 5.02 Å². The first kappa shape index (κ1) is 20.7. The van der Waals surface area contributed by atoms with Crippen molar-refractivity contribution in [3.63, 3.8) is 0 Å². The lowest BCUT2D eigenvalue weighted by Crippen LogP contribution is -2.36. The molecule has 2 fully saturated rings. The Morgan fingerprint density at radius 2 is 1.85 bits per heavy atom. The van der Waals surface area contributed by atoms with Crippen LogP contribution < -0.4 is 0 Å². The first-order chi connectivity index (χ1) is 12.6. The number of rotatable bonds is 4. The van der Waals surface area contributed by atoms with Gasteiger partial charge in [0.15, 0.2) is 0 Å². The third-order valence-corrected chi connectivity index (χ3v) is 7.24. The normalized spacial score (nSPS) is 23.5. The number of amides is 1. The Hall–Kier alpha value is -1.07. The second kappa shape index (κ2) is 8.95. The summed E-state index contributed by atoms with van der Waals surface area (Å²) in [4.78, 5) is 19.6. The van der Waals surface area contributed by atoms with Gasteiger partial charge in [-0.1, -0.05) is 36.2 Å². The molecule has 1 amide bonds. The van der Waals surface area contributed by atoms with E-state index in [0.717, 1.165) is 36.6 Å². The number of carbonyl (C=O) groups excluding carboxylic acids is 1. The van der Waals surface area contributed by atoms with Gasteiger partial charge in [0.2, 0.25) is 5.91 Å². The number of thiophene rings is 1. The number of likely N-dealkylation sites (tertiary alicyclic amines) is 2. The fraction of sp³-hybridized carbons (Fsp3) is 0.476. The van der Waals surface area contributed by atoms with Gasteiger partial charge in [0.1, 0.15) is 0 Å². The van der Waals surface area contributed by atoms with E-state index in [4.69, 9.17) is 11.6 Å². The maximum atomic E-state index is 12.8. The van der Waals surface area contributed by atoms with Crippen molar-refractivity contribution in [2.45, 2.75) is 31.7 Å². The Labute approximate surface area is 176 Å². The molecular weight excluding hydrogens is 399 g/mol. The molecule has 2 aliphatic heterocycles. The molecule has 0 N–H and O–H groups in total. The molecule has 1 aromatic heterocycles. The highest BCUT2D eigenvalue weighted by Crippen LogP contribution is 2.42. The van der Waals surface area contributed by atoms with Crippen molar-refractivity contribution in [3.8, 4) is 10.4 Å². The molecule has 146 valence electrons. The number of piperidine rings is 1. The van der Waals surface area contributed by atoms with E-state index in [1.54, 1.807) is 11.3 Å². The zero-order valence-corrected chi connectivity index (χ0v) is 18.0. The quantitative estimate of drug-likeness (QED) is 0.646. The van der Waals surface area contributed by atoms with Gasteiger partial charge in [0.05, 0.1) is 12.0 Å². The second-order valence-electron chi connectivity index (χ2n) is 7.44. The van der Waals surface area contributed by atoms with Crippen LogP contribution in [0.1, 0.15) is 36.6 Å². The summed E-state index contributed by atoms with van der Waals surface area (Å²) in [5, 5.41) is 0.778. The summed E-state index contributed by atoms with van der Waals surface area (Å²) in [6.07, 6.45) is 4.80. The van der Waals surface area contributed by atoms with E-state index in [9.17, 15) is 4.79 Å². The summed E-state index contributed by atoms with van der Waals surface area (Å²) in [6.45, 7) is 3.21. The van der Waals surface area contributed by atoms with Crippen LogP contribution in [0, 0.1) is 5.92 Å². The average molecular weight is 425 g/mol. The molecule has 27 heavy (non-hydrogen) atoms. The molecule has 2 aromatic rings. The number of benzene rings is 1. The average Bonchev–Trinajstić information content (AvgIpc) is 3.24. The molecule has 2 saturated heterocycles. The third-order valence-electron chi connectivity index (χ3n) is 5.69. The number of nitrogens with zero attached hydrogens (tertiary/aromatic N) is 2. The van der Waals surface area contributed by atoms with E-state index in [-0.39, 0.29) is 24.4 Å². The van der Waals surface area contributed by atoms with Gasteiger partial charge >= 0.3 is 0 Å². The molecule has 0 bridgehead atoms. The van der Waals surface area contributed by atoms with Crippen molar-refractivity contribution < 1.29 is 4.79 Å². The van der Waals surface area contributed by atoms with Crippen molar-refractivity contribution in [2.75, 3.05) is 26.7 Å². The van der Waals surface area contributed by atoms with Crippen LogP contribution in [0.25, 0.3) is 10.4 Å². The van der Waals surface area contributed by atoms with Crippen molar-refractivity contribution in [1.82, 2.24) is 9.80 Å². The summed E-state index contributed by atoms with van der Waals surface area (Å²) in [5.41, 5.74) is 1.07. The van der Waals surface area contributed by atoms with Crippen LogP contribution in [-0.4, -0.2) is 42.4 Å². The van der Waals surface area contributed by atoms with E-state index in [2.05, 4.69) is 23.1 Å². The monoisotopic (exact) mass is 424 g/mol. The highest BCUT2D eigenvalue weighted by molar-refractivity contribution is 7.15. The largest absolute Gasteiger partial charge is 0.338 e. The van der Waals surface area contributed by atoms with Crippen LogP contribution in [-0.2, 0) is 4.79 Å². The lowest BCUT2D eigenvalue weighted by atomic mass is 10.0. The van der Waals surface area contributed by atoms with E-state index in [0.29, 0.717) is 5.91 Å². The fourth-order valence-corrected chi connectivity index (χ4v) is 5.72. The van der Waals surface area contributed by atoms with Gasteiger partial charge in [-0.15, -0.1) is 23.7 Å². The topological polar surface area (TPSA) is 23.6 Å². The van der Waals surface area contributed by atoms with E-state index in [1.165, 1.54) is 29.0 Å². The van der Waals surface area contributed by atoms with E-state index in [1.807, 2.05) is 30.1 Å². The standard InChI is InChI=1S/C21H25ClN2OS.ClH/c1-23-18(13-15(21(23)25)14-24-11-5-2-6-12-24)20-10-9-19(26-20)16-7-3-4-8-17(16)22;/h3-4,7-10,15,18H,2,5-6,11-14H2,1H3;1H/t15-,18+;/m0./s1. The summed E-state index contributed by atoms with van der Waals surface area (Å²) in [6, 6.07) is 12.4. The van der Waals surface area contributed by atoms with E-state index < -0.39 is 0 Å². The number of hydrogen-bond acceptors (Lipinski definition) is 3. The van der Waals surface area contributed by atoms with Crippen molar-refractivity contribution >= 4 is 41.3 Å². The molecule has 2 aliphatic rings. The zero-order chi connectivity index (χ0) is 18.1. The second-order valence-corrected chi connectivity index (χ2v) is 8.96. The minimum atomic E-state index is 0.